The zero-order valence-electron chi connectivity index (χ0n) is 9.46. The maximum Gasteiger partial charge on any atom is 0.242 e. The van der Waals surface area contributed by atoms with Crippen LogP contribution in [0, 0.1) is 28.6 Å². The van der Waals surface area contributed by atoms with Crippen molar-refractivity contribution in [1.82, 2.24) is 4.90 Å². The van der Waals surface area contributed by atoms with Gasteiger partial charge in [0.25, 0.3) is 0 Å². The lowest BCUT2D eigenvalue weighted by molar-refractivity contribution is -0.136. The molecule has 0 spiro atoms. The highest BCUT2D eigenvalue weighted by molar-refractivity contribution is 5.84. The standard InChI is InChI=1S/C11H17FN2O/c1-8-5-14(6-9(8)4-12)10(15)11(2,3)7-13/h8-9H,4-6H2,1-3H3/t8-,9+/m1/s1. The van der Waals surface area contributed by atoms with Gasteiger partial charge in [-0.2, -0.15) is 5.26 Å². The molecule has 0 aromatic heterocycles. The van der Waals surface area contributed by atoms with Crippen LogP contribution in [-0.4, -0.2) is 30.6 Å². The molecule has 4 heteroatoms. The molecular formula is C11H17FN2O. The highest BCUT2D eigenvalue weighted by Gasteiger charge is 2.38. The molecule has 1 aliphatic rings. The van der Waals surface area contributed by atoms with Gasteiger partial charge in [-0.1, -0.05) is 6.92 Å². The molecule has 1 amide bonds. The normalized spacial score (nSPS) is 26.5. The largest absolute Gasteiger partial charge is 0.341 e. The molecule has 1 rings (SSSR count). The monoisotopic (exact) mass is 212 g/mol. The average Bonchev–Trinajstić information content (AvgIpc) is 2.58. The van der Waals surface area contributed by atoms with Gasteiger partial charge in [-0.15, -0.1) is 0 Å². The van der Waals surface area contributed by atoms with Crippen LogP contribution in [0.25, 0.3) is 0 Å². The van der Waals surface area contributed by atoms with Crippen molar-refractivity contribution in [1.29, 1.82) is 5.26 Å². The summed E-state index contributed by atoms with van der Waals surface area (Å²) in [6.45, 7) is 5.76. The Hall–Kier alpha value is -1.11. The van der Waals surface area contributed by atoms with Gasteiger partial charge in [0, 0.05) is 19.0 Å². The molecule has 0 radical (unpaired) electrons. The number of carbonyl (C=O) groups is 1. The van der Waals surface area contributed by atoms with Crippen molar-refractivity contribution in [2.75, 3.05) is 19.8 Å². The van der Waals surface area contributed by atoms with Crippen LogP contribution < -0.4 is 0 Å². The number of nitrogens with zero attached hydrogens (tertiary/aromatic N) is 2. The first-order valence-corrected chi connectivity index (χ1v) is 5.19. The van der Waals surface area contributed by atoms with Crippen molar-refractivity contribution >= 4 is 5.91 Å². The first kappa shape index (κ1) is 12.0. The first-order chi connectivity index (χ1) is 6.92. The number of nitriles is 1. The van der Waals surface area contributed by atoms with E-state index in [0.717, 1.165) is 0 Å². The van der Waals surface area contributed by atoms with Crippen LogP contribution in [0.15, 0.2) is 0 Å². The van der Waals surface area contributed by atoms with E-state index in [4.69, 9.17) is 5.26 Å². The fourth-order valence-corrected chi connectivity index (χ4v) is 1.84. The Morgan fingerprint density at radius 1 is 1.60 bits per heavy atom. The molecule has 0 aromatic carbocycles. The van der Waals surface area contributed by atoms with E-state index in [1.807, 2.05) is 13.0 Å². The highest BCUT2D eigenvalue weighted by Crippen LogP contribution is 2.27. The summed E-state index contributed by atoms with van der Waals surface area (Å²) in [5.74, 6) is -0.0651. The SMILES string of the molecule is C[C@@H]1CN(C(=O)C(C)(C)C#N)C[C@@H]1CF. The predicted molar refractivity (Wildman–Crippen MR) is 54.6 cm³/mol. The Bertz CT molecular complexity index is 295. The summed E-state index contributed by atoms with van der Waals surface area (Å²) >= 11 is 0. The summed E-state index contributed by atoms with van der Waals surface area (Å²) < 4.78 is 12.6. The predicted octanol–water partition coefficient (Wildman–Crippen LogP) is 1.60. The lowest BCUT2D eigenvalue weighted by Gasteiger charge is -2.23. The van der Waals surface area contributed by atoms with E-state index in [1.165, 1.54) is 0 Å². The van der Waals surface area contributed by atoms with Gasteiger partial charge in [-0.25, -0.2) is 0 Å². The third-order valence-electron chi connectivity index (χ3n) is 3.07. The second kappa shape index (κ2) is 4.18. The smallest absolute Gasteiger partial charge is 0.242 e. The van der Waals surface area contributed by atoms with Crippen molar-refractivity contribution < 1.29 is 9.18 Å². The molecule has 3 nitrogen and oxygen atoms in total. The summed E-state index contributed by atoms with van der Waals surface area (Å²) in [4.78, 5) is 13.5. The Morgan fingerprint density at radius 2 is 2.20 bits per heavy atom. The van der Waals surface area contributed by atoms with Gasteiger partial charge < -0.3 is 4.90 Å². The zero-order chi connectivity index (χ0) is 11.6. The maximum absolute atomic E-state index is 12.6. The molecule has 2 atom stereocenters. The number of carbonyl (C=O) groups excluding carboxylic acids is 1. The highest BCUT2D eigenvalue weighted by atomic mass is 19.1. The van der Waals surface area contributed by atoms with E-state index in [-0.39, 0.29) is 17.7 Å². The Kier molecular flexibility index (Phi) is 3.33. The molecule has 84 valence electrons. The van der Waals surface area contributed by atoms with E-state index in [9.17, 15) is 9.18 Å². The van der Waals surface area contributed by atoms with Gasteiger partial charge in [-0.3, -0.25) is 9.18 Å². The van der Waals surface area contributed by atoms with E-state index in [2.05, 4.69) is 0 Å². The molecule has 1 heterocycles. The molecule has 1 saturated heterocycles. The van der Waals surface area contributed by atoms with Gasteiger partial charge in [-0.05, 0) is 19.8 Å². The number of amides is 1. The fourth-order valence-electron chi connectivity index (χ4n) is 1.84. The maximum atomic E-state index is 12.6. The minimum absolute atomic E-state index is 0.0663. The van der Waals surface area contributed by atoms with Gasteiger partial charge in [0.1, 0.15) is 5.41 Å². The van der Waals surface area contributed by atoms with Crippen molar-refractivity contribution in [2.45, 2.75) is 20.8 Å². The number of rotatable bonds is 2. The molecule has 0 aliphatic carbocycles. The van der Waals surface area contributed by atoms with Crippen LogP contribution in [0.3, 0.4) is 0 Å². The van der Waals surface area contributed by atoms with Gasteiger partial charge in [0.05, 0.1) is 12.7 Å². The van der Waals surface area contributed by atoms with E-state index < -0.39 is 12.1 Å². The lowest BCUT2D eigenvalue weighted by Crippen LogP contribution is -2.39. The van der Waals surface area contributed by atoms with Crippen molar-refractivity contribution in [3.63, 3.8) is 0 Å². The second-order valence-corrected chi connectivity index (χ2v) is 4.84. The van der Waals surface area contributed by atoms with E-state index in [1.54, 1.807) is 18.7 Å². The van der Waals surface area contributed by atoms with Crippen molar-refractivity contribution in [3.05, 3.63) is 0 Å². The summed E-state index contributed by atoms with van der Waals surface area (Å²) in [6, 6.07) is 1.98. The van der Waals surface area contributed by atoms with Gasteiger partial charge >= 0.3 is 0 Å². The van der Waals surface area contributed by atoms with Gasteiger partial charge in [0.2, 0.25) is 5.91 Å². The van der Waals surface area contributed by atoms with E-state index >= 15 is 0 Å². The molecule has 0 bridgehead atoms. The molecule has 0 saturated carbocycles. The minimum atomic E-state index is -0.995. The van der Waals surface area contributed by atoms with Crippen LogP contribution in [0.5, 0.6) is 0 Å². The zero-order valence-corrected chi connectivity index (χ0v) is 9.46. The van der Waals surface area contributed by atoms with Gasteiger partial charge in [0.15, 0.2) is 0 Å². The molecule has 1 fully saturated rings. The molecule has 1 aliphatic heterocycles. The number of halogens is 1. The summed E-state index contributed by atoms with van der Waals surface area (Å²) in [7, 11) is 0. The number of likely N-dealkylation sites (tertiary alicyclic amines) is 1. The van der Waals surface area contributed by atoms with Crippen LogP contribution in [-0.2, 0) is 4.79 Å². The minimum Gasteiger partial charge on any atom is -0.341 e. The molecule has 0 unspecified atom stereocenters. The van der Waals surface area contributed by atoms with E-state index in [0.29, 0.717) is 13.1 Å². The summed E-state index contributed by atoms with van der Waals surface area (Å²) in [5.41, 5.74) is -0.995. The Balaban J connectivity index is 2.70. The fraction of sp³-hybridized carbons (Fsp3) is 0.818. The number of alkyl halides is 1. The first-order valence-electron chi connectivity index (χ1n) is 5.19. The third kappa shape index (κ3) is 2.28. The number of hydrogen-bond acceptors (Lipinski definition) is 2. The lowest BCUT2D eigenvalue weighted by atomic mass is 9.94. The molecular weight excluding hydrogens is 195 g/mol. The Morgan fingerprint density at radius 3 is 2.60 bits per heavy atom. The molecule has 0 N–H and O–H groups in total. The average molecular weight is 212 g/mol. The summed E-state index contributed by atoms with van der Waals surface area (Å²) in [5, 5.41) is 8.84. The molecule has 0 aromatic rings. The topological polar surface area (TPSA) is 44.1 Å². The van der Waals surface area contributed by atoms with Crippen molar-refractivity contribution in [2.24, 2.45) is 17.3 Å². The second-order valence-electron chi connectivity index (χ2n) is 4.84. The number of hydrogen-bond donors (Lipinski definition) is 0. The van der Waals surface area contributed by atoms with Crippen LogP contribution >= 0.6 is 0 Å². The van der Waals surface area contributed by atoms with Crippen LogP contribution in [0.2, 0.25) is 0 Å². The quantitative estimate of drug-likeness (QED) is 0.697. The molecule has 15 heavy (non-hydrogen) atoms. The summed E-state index contributed by atoms with van der Waals surface area (Å²) in [6.07, 6.45) is 0. The Labute approximate surface area is 89.9 Å². The third-order valence-corrected chi connectivity index (χ3v) is 3.07. The van der Waals surface area contributed by atoms with Crippen LogP contribution in [0.4, 0.5) is 4.39 Å². The van der Waals surface area contributed by atoms with Crippen LogP contribution in [0.1, 0.15) is 20.8 Å². The van der Waals surface area contributed by atoms with Crippen molar-refractivity contribution in [3.8, 4) is 6.07 Å².